The number of phenolic OH excluding ortho intramolecular Hbond substituents is 1. The van der Waals surface area contributed by atoms with E-state index in [-0.39, 0.29) is 11.7 Å². The summed E-state index contributed by atoms with van der Waals surface area (Å²) in [6.07, 6.45) is 0.763. The van der Waals surface area contributed by atoms with Gasteiger partial charge in [0.05, 0.1) is 0 Å². The Labute approximate surface area is 85.7 Å². The first-order chi connectivity index (χ1) is 6.07. The molecule has 0 aliphatic heterocycles. The number of halogens is 1. The van der Waals surface area contributed by atoms with Crippen molar-refractivity contribution >= 4 is 22.2 Å². The Morgan fingerprint density at radius 3 is 2.46 bits per heavy atom. The van der Waals surface area contributed by atoms with Crippen LogP contribution >= 0.6 is 15.9 Å². The number of hydrogen-bond acceptors (Lipinski definition) is 2. The van der Waals surface area contributed by atoms with Gasteiger partial charge < -0.3 is 5.11 Å². The van der Waals surface area contributed by atoms with Crippen LogP contribution in [0.5, 0.6) is 5.75 Å². The lowest BCUT2D eigenvalue weighted by atomic mass is 9.97. The molecule has 0 aliphatic carbocycles. The Morgan fingerprint density at radius 1 is 1.46 bits per heavy atom. The summed E-state index contributed by atoms with van der Waals surface area (Å²) in [6.45, 7) is 3.88. The van der Waals surface area contributed by atoms with Crippen LogP contribution in [0.2, 0.25) is 0 Å². The van der Waals surface area contributed by atoms with Crippen molar-refractivity contribution in [1.82, 2.24) is 0 Å². The van der Waals surface area contributed by atoms with Gasteiger partial charge in [0.1, 0.15) is 5.75 Å². The van der Waals surface area contributed by atoms with Crippen LogP contribution < -0.4 is 0 Å². The summed E-state index contributed by atoms with van der Waals surface area (Å²) in [5.74, 6) is 0.318. The lowest BCUT2D eigenvalue weighted by Crippen LogP contribution is -1.96. The molecule has 0 spiro atoms. The normalized spacial score (nSPS) is 10.5. The second-order valence-electron chi connectivity index (χ2n) is 3.17. The fourth-order valence-corrected chi connectivity index (χ4v) is 1.76. The molecular weight excluding hydrogens is 232 g/mol. The minimum Gasteiger partial charge on any atom is -0.508 e. The Bertz CT molecular complexity index is 332. The predicted molar refractivity (Wildman–Crippen MR) is 55.3 cm³/mol. The first kappa shape index (κ1) is 10.3. The van der Waals surface area contributed by atoms with Crippen LogP contribution in [-0.4, -0.2) is 11.4 Å². The molecular formula is C10H11BrO2. The highest BCUT2D eigenvalue weighted by Crippen LogP contribution is 2.32. The van der Waals surface area contributed by atoms with E-state index in [0.29, 0.717) is 11.1 Å². The molecule has 0 aliphatic rings. The van der Waals surface area contributed by atoms with Gasteiger partial charge in [0.15, 0.2) is 6.29 Å². The molecule has 0 radical (unpaired) electrons. The van der Waals surface area contributed by atoms with E-state index < -0.39 is 0 Å². The molecule has 0 heterocycles. The molecule has 0 atom stereocenters. The highest BCUT2D eigenvalue weighted by atomic mass is 79.9. The van der Waals surface area contributed by atoms with Crippen LogP contribution in [0.1, 0.15) is 35.7 Å². The minimum absolute atomic E-state index is 0.137. The number of phenols is 1. The number of aldehydes is 1. The highest BCUT2D eigenvalue weighted by Gasteiger charge is 2.13. The Hall–Kier alpha value is -0.830. The van der Waals surface area contributed by atoms with Crippen LogP contribution in [0.4, 0.5) is 0 Å². The van der Waals surface area contributed by atoms with Gasteiger partial charge in [0, 0.05) is 15.6 Å². The third kappa shape index (κ3) is 1.91. The zero-order chi connectivity index (χ0) is 10.0. The molecule has 70 valence electrons. The maximum absolute atomic E-state index is 10.8. The smallest absolute Gasteiger partial charge is 0.151 e. The Balaban J connectivity index is 3.43. The molecule has 13 heavy (non-hydrogen) atoms. The zero-order valence-electron chi connectivity index (χ0n) is 7.54. The van der Waals surface area contributed by atoms with Gasteiger partial charge in [0.25, 0.3) is 0 Å². The van der Waals surface area contributed by atoms with Crippen molar-refractivity contribution in [2.45, 2.75) is 19.8 Å². The second-order valence-corrected chi connectivity index (χ2v) is 4.02. The summed E-state index contributed by atoms with van der Waals surface area (Å²) >= 11 is 3.27. The maximum atomic E-state index is 10.8. The van der Waals surface area contributed by atoms with E-state index >= 15 is 0 Å². The van der Waals surface area contributed by atoms with Gasteiger partial charge in [-0.1, -0.05) is 29.8 Å². The van der Waals surface area contributed by atoms with Crippen molar-refractivity contribution in [2.24, 2.45) is 0 Å². The predicted octanol–water partition coefficient (Wildman–Crippen LogP) is 3.09. The van der Waals surface area contributed by atoms with Crippen molar-refractivity contribution in [3.63, 3.8) is 0 Å². The van der Waals surface area contributed by atoms with Gasteiger partial charge in [-0.05, 0) is 18.1 Å². The van der Waals surface area contributed by atoms with Gasteiger partial charge in [-0.3, -0.25) is 4.79 Å². The molecule has 1 aromatic rings. The number of benzene rings is 1. The van der Waals surface area contributed by atoms with E-state index in [4.69, 9.17) is 0 Å². The van der Waals surface area contributed by atoms with Gasteiger partial charge >= 0.3 is 0 Å². The lowest BCUT2D eigenvalue weighted by molar-refractivity contribution is 0.112. The average Bonchev–Trinajstić information content (AvgIpc) is 2.07. The third-order valence-corrected chi connectivity index (χ3v) is 2.60. The van der Waals surface area contributed by atoms with Crippen molar-refractivity contribution in [3.8, 4) is 5.75 Å². The minimum atomic E-state index is 0.137. The standard InChI is InChI=1S/C10H11BrO2/c1-6(2)10-7(5-12)8(11)3-4-9(10)13/h3-6,13H,1-2H3. The van der Waals surface area contributed by atoms with Gasteiger partial charge in [-0.25, -0.2) is 0 Å². The molecule has 1 aromatic carbocycles. The molecule has 0 unspecified atom stereocenters. The van der Waals surface area contributed by atoms with Gasteiger partial charge in [0.2, 0.25) is 0 Å². The topological polar surface area (TPSA) is 37.3 Å². The summed E-state index contributed by atoms with van der Waals surface area (Å²) in [6, 6.07) is 3.26. The molecule has 0 aromatic heterocycles. The van der Waals surface area contributed by atoms with E-state index in [0.717, 1.165) is 10.8 Å². The first-order valence-electron chi connectivity index (χ1n) is 4.04. The van der Waals surface area contributed by atoms with E-state index in [9.17, 15) is 9.90 Å². The molecule has 0 amide bonds. The number of rotatable bonds is 2. The Kier molecular flexibility index (Phi) is 3.09. The molecule has 3 heteroatoms. The van der Waals surface area contributed by atoms with Crippen LogP contribution in [0.3, 0.4) is 0 Å². The van der Waals surface area contributed by atoms with Crippen LogP contribution in [0.25, 0.3) is 0 Å². The monoisotopic (exact) mass is 242 g/mol. The number of carbonyl (C=O) groups is 1. The largest absolute Gasteiger partial charge is 0.508 e. The summed E-state index contributed by atoms with van der Waals surface area (Å²) in [7, 11) is 0. The van der Waals surface area contributed by atoms with Crippen molar-refractivity contribution < 1.29 is 9.90 Å². The molecule has 0 bridgehead atoms. The molecule has 0 fully saturated rings. The van der Waals surface area contributed by atoms with Crippen LogP contribution in [-0.2, 0) is 0 Å². The van der Waals surface area contributed by atoms with E-state index in [1.54, 1.807) is 12.1 Å². The SMILES string of the molecule is CC(C)c1c(O)ccc(Br)c1C=O. The summed E-state index contributed by atoms with van der Waals surface area (Å²) in [5.41, 5.74) is 1.24. The summed E-state index contributed by atoms with van der Waals surface area (Å²) < 4.78 is 0.726. The first-order valence-corrected chi connectivity index (χ1v) is 4.83. The fourth-order valence-electron chi connectivity index (χ4n) is 1.32. The maximum Gasteiger partial charge on any atom is 0.151 e. The number of aromatic hydroxyl groups is 1. The number of hydrogen-bond donors (Lipinski definition) is 1. The van der Waals surface area contributed by atoms with Crippen molar-refractivity contribution in [2.75, 3.05) is 0 Å². The van der Waals surface area contributed by atoms with Crippen LogP contribution in [0, 0.1) is 0 Å². The summed E-state index contributed by atoms with van der Waals surface area (Å²) in [5, 5.41) is 9.54. The molecule has 0 saturated carbocycles. The molecule has 2 nitrogen and oxygen atoms in total. The molecule has 1 rings (SSSR count). The van der Waals surface area contributed by atoms with E-state index in [1.165, 1.54) is 0 Å². The van der Waals surface area contributed by atoms with Crippen molar-refractivity contribution in [3.05, 3.63) is 27.7 Å². The number of carbonyl (C=O) groups excluding carboxylic acids is 1. The molecule has 0 saturated heterocycles. The molecule has 1 N–H and O–H groups in total. The van der Waals surface area contributed by atoms with E-state index in [1.807, 2.05) is 13.8 Å². The van der Waals surface area contributed by atoms with Gasteiger partial charge in [-0.15, -0.1) is 0 Å². The van der Waals surface area contributed by atoms with Crippen LogP contribution in [0.15, 0.2) is 16.6 Å². The van der Waals surface area contributed by atoms with Gasteiger partial charge in [-0.2, -0.15) is 0 Å². The summed E-state index contributed by atoms with van der Waals surface area (Å²) in [4.78, 5) is 10.8. The quantitative estimate of drug-likeness (QED) is 0.810. The highest BCUT2D eigenvalue weighted by molar-refractivity contribution is 9.10. The lowest BCUT2D eigenvalue weighted by Gasteiger charge is -2.11. The second kappa shape index (κ2) is 3.92. The van der Waals surface area contributed by atoms with Crippen molar-refractivity contribution in [1.29, 1.82) is 0 Å². The zero-order valence-corrected chi connectivity index (χ0v) is 9.13. The third-order valence-electron chi connectivity index (χ3n) is 1.91. The average molecular weight is 243 g/mol. The van der Waals surface area contributed by atoms with E-state index in [2.05, 4.69) is 15.9 Å². The Morgan fingerprint density at radius 2 is 2.08 bits per heavy atom. The fraction of sp³-hybridized carbons (Fsp3) is 0.300.